The van der Waals surface area contributed by atoms with Gasteiger partial charge in [0.15, 0.2) is 5.78 Å². The number of hydrogen-bond donors (Lipinski definition) is 0. The molecule has 0 aliphatic heterocycles. The monoisotopic (exact) mass is 266 g/mol. The number of hydrogen-bond acceptors (Lipinski definition) is 2. The first-order chi connectivity index (χ1) is 9.12. The molecule has 1 unspecified atom stereocenters. The lowest BCUT2D eigenvalue weighted by atomic mass is 9.91. The number of ether oxygens (including phenoxy) is 1. The van der Waals surface area contributed by atoms with Gasteiger partial charge in [0.05, 0.1) is 12.7 Å². The van der Waals surface area contributed by atoms with E-state index in [1.54, 1.807) is 6.07 Å². The molecule has 0 radical (unpaired) electrons. The van der Waals surface area contributed by atoms with Gasteiger partial charge in [-0.2, -0.15) is 0 Å². The van der Waals surface area contributed by atoms with Crippen LogP contribution in [0, 0.1) is 11.7 Å². The fourth-order valence-corrected chi connectivity index (χ4v) is 2.16. The van der Waals surface area contributed by atoms with Gasteiger partial charge in [-0.3, -0.25) is 4.79 Å². The van der Waals surface area contributed by atoms with Crippen LogP contribution in [0.15, 0.2) is 18.2 Å². The van der Waals surface area contributed by atoms with E-state index in [1.165, 1.54) is 19.2 Å². The van der Waals surface area contributed by atoms with Gasteiger partial charge < -0.3 is 4.74 Å². The third-order valence-corrected chi connectivity index (χ3v) is 3.49. The number of halogens is 1. The van der Waals surface area contributed by atoms with Crippen LogP contribution in [0.1, 0.15) is 56.3 Å². The summed E-state index contributed by atoms with van der Waals surface area (Å²) in [6.45, 7) is 4.22. The normalized spacial score (nSPS) is 12.2. The Morgan fingerprint density at radius 1 is 1.37 bits per heavy atom. The maximum absolute atomic E-state index is 13.8. The van der Waals surface area contributed by atoms with Gasteiger partial charge in [0.25, 0.3) is 0 Å². The van der Waals surface area contributed by atoms with Gasteiger partial charge in [-0.25, -0.2) is 4.39 Å². The van der Waals surface area contributed by atoms with Crippen LogP contribution in [0.3, 0.4) is 0 Å². The molecular weight excluding hydrogens is 243 g/mol. The summed E-state index contributed by atoms with van der Waals surface area (Å²) in [4.78, 5) is 12.1. The lowest BCUT2D eigenvalue weighted by Gasteiger charge is -2.13. The third-order valence-electron chi connectivity index (χ3n) is 3.49. The number of rotatable bonds is 8. The van der Waals surface area contributed by atoms with E-state index in [0.29, 0.717) is 18.1 Å². The van der Waals surface area contributed by atoms with Gasteiger partial charge in [0.1, 0.15) is 11.6 Å². The Kier molecular flexibility index (Phi) is 6.54. The van der Waals surface area contributed by atoms with Gasteiger partial charge in [-0.05, 0) is 18.1 Å². The maximum Gasteiger partial charge on any atom is 0.166 e. The van der Waals surface area contributed by atoms with Crippen molar-refractivity contribution < 1.29 is 13.9 Å². The highest BCUT2D eigenvalue weighted by atomic mass is 19.1. The molecule has 0 saturated carbocycles. The third kappa shape index (κ3) is 4.66. The summed E-state index contributed by atoms with van der Waals surface area (Å²) in [5, 5.41) is 0. The molecule has 1 aromatic carbocycles. The number of methoxy groups -OCH3 is 1. The molecule has 0 saturated heterocycles. The Morgan fingerprint density at radius 3 is 2.63 bits per heavy atom. The van der Waals surface area contributed by atoms with Crippen molar-refractivity contribution in [2.45, 2.75) is 46.0 Å². The van der Waals surface area contributed by atoms with E-state index in [0.717, 1.165) is 25.7 Å². The van der Waals surface area contributed by atoms with Crippen LogP contribution in [0.2, 0.25) is 0 Å². The summed E-state index contributed by atoms with van der Waals surface area (Å²) >= 11 is 0. The molecule has 0 amide bonds. The van der Waals surface area contributed by atoms with Gasteiger partial charge in [0.2, 0.25) is 0 Å². The highest BCUT2D eigenvalue weighted by Gasteiger charge is 2.17. The van der Waals surface area contributed by atoms with Gasteiger partial charge in [-0.1, -0.05) is 39.5 Å². The Bertz CT molecular complexity index is 415. The molecular formula is C16H23FO2. The van der Waals surface area contributed by atoms with Crippen LogP contribution < -0.4 is 4.74 Å². The summed E-state index contributed by atoms with van der Waals surface area (Å²) in [6.07, 6.45) is 4.68. The number of carbonyl (C=O) groups is 1. The van der Waals surface area contributed by atoms with Gasteiger partial charge >= 0.3 is 0 Å². The van der Waals surface area contributed by atoms with E-state index in [-0.39, 0.29) is 11.3 Å². The minimum atomic E-state index is -0.491. The lowest BCUT2D eigenvalue weighted by Crippen LogP contribution is -2.10. The van der Waals surface area contributed by atoms with E-state index in [2.05, 4.69) is 13.8 Å². The molecule has 1 rings (SSSR count). The first-order valence-corrected chi connectivity index (χ1v) is 6.99. The van der Waals surface area contributed by atoms with E-state index in [4.69, 9.17) is 4.74 Å². The first kappa shape index (κ1) is 15.7. The number of ketones is 1. The molecule has 0 spiro atoms. The van der Waals surface area contributed by atoms with Crippen molar-refractivity contribution >= 4 is 5.78 Å². The molecule has 0 aliphatic carbocycles. The zero-order valence-corrected chi connectivity index (χ0v) is 12.0. The SMILES string of the molecule is CCCCC(CC)CC(=O)c1ccc(OC)cc1F. The second-order valence-corrected chi connectivity index (χ2v) is 4.89. The Balaban J connectivity index is 2.71. The number of benzene rings is 1. The summed E-state index contributed by atoms with van der Waals surface area (Å²) in [7, 11) is 1.48. The largest absolute Gasteiger partial charge is 0.497 e. The van der Waals surface area contributed by atoms with Crippen LogP contribution in [-0.4, -0.2) is 12.9 Å². The van der Waals surface area contributed by atoms with Crippen molar-refractivity contribution in [3.63, 3.8) is 0 Å². The number of carbonyl (C=O) groups excluding carboxylic acids is 1. The topological polar surface area (TPSA) is 26.3 Å². The molecule has 0 heterocycles. The Hall–Kier alpha value is -1.38. The minimum absolute atomic E-state index is 0.108. The standard InChI is InChI=1S/C16H23FO2/c1-4-6-7-12(5-2)10-16(18)14-9-8-13(19-3)11-15(14)17/h8-9,11-12H,4-7,10H2,1-3H3. The Morgan fingerprint density at radius 2 is 2.11 bits per heavy atom. The molecule has 106 valence electrons. The molecule has 19 heavy (non-hydrogen) atoms. The van der Waals surface area contributed by atoms with E-state index >= 15 is 0 Å². The fourth-order valence-electron chi connectivity index (χ4n) is 2.16. The van der Waals surface area contributed by atoms with Crippen LogP contribution in [0.25, 0.3) is 0 Å². The highest BCUT2D eigenvalue weighted by Crippen LogP contribution is 2.22. The summed E-state index contributed by atoms with van der Waals surface area (Å²) in [5.41, 5.74) is 0.177. The van der Waals surface area contributed by atoms with Gasteiger partial charge in [-0.15, -0.1) is 0 Å². The summed E-state index contributed by atoms with van der Waals surface area (Å²) in [6, 6.07) is 4.41. The molecule has 1 atom stereocenters. The molecule has 1 aromatic rings. The Labute approximate surface area is 115 Å². The minimum Gasteiger partial charge on any atom is -0.497 e. The average Bonchev–Trinajstić information content (AvgIpc) is 2.42. The number of Topliss-reactive ketones (excluding diaryl/α,β-unsaturated/α-hetero) is 1. The summed E-state index contributed by atoms with van der Waals surface area (Å²) in [5.74, 6) is 0.193. The van der Waals surface area contributed by atoms with Crippen molar-refractivity contribution in [2.24, 2.45) is 5.92 Å². The fraction of sp³-hybridized carbons (Fsp3) is 0.562. The van der Waals surface area contributed by atoms with Crippen molar-refractivity contribution in [1.82, 2.24) is 0 Å². The molecule has 0 aromatic heterocycles. The van der Waals surface area contributed by atoms with Crippen LogP contribution in [-0.2, 0) is 0 Å². The first-order valence-electron chi connectivity index (χ1n) is 6.99. The molecule has 0 N–H and O–H groups in total. The van der Waals surface area contributed by atoms with Crippen LogP contribution >= 0.6 is 0 Å². The van der Waals surface area contributed by atoms with Crippen molar-refractivity contribution in [2.75, 3.05) is 7.11 Å². The van der Waals surface area contributed by atoms with E-state index < -0.39 is 5.82 Å². The van der Waals surface area contributed by atoms with Crippen LogP contribution in [0.4, 0.5) is 4.39 Å². The molecule has 0 aliphatic rings. The lowest BCUT2D eigenvalue weighted by molar-refractivity contribution is 0.0953. The summed E-state index contributed by atoms with van der Waals surface area (Å²) < 4.78 is 18.7. The van der Waals surface area contributed by atoms with Crippen molar-refractivity contribution in [1.29, 1.82) is 0 Å². The predicted molar refractivity (Wildman–Crippen MR) is 75.2 cm³/mol. The van der Waals surface area contributed by atoms with Crippen molar-refractivity contribution in [3.8, 4) is 5.75 Å². The highest BCUT2D eigenvalue weighted by molar-refractivity contribution is 5.96. The van der Waals surface area contributed by atoms with E-state index in [9.17, 15) is 9.18 Å². The smallest absolute Gasteiger partial charge is 0.166 e. The number of unbranched alkanes of at least 4 members (excludes halogenated alkanes) is 1. The molecule has 2 nitrogen and oxygen atoms in total. The zero-order valence-electron chi connectivity index (χ0n) is 12.0. The quantitative estimate of drug-likeness (QED) is 0.641. The second-order valence-electron chi connectivity index (χ2n) is 4.89. The molecule has 0 bridgehead atoms. The molecule has 3 heteroatoms. The van der Waals surface area contributed by atoms with E-state index in [1.807, 2.05) is 0 Å². The predicted octanol–water partition coefficient (Wildman–Crippen LogP) is 4.62. The van der Waals surface area contributed by atoms with Crippen molar-refractivity contribution in [3.05, 3.63) is 29.6 Å². The maximum atomic E-state index is 13.8. The molecule has 0 fully saturated rings. The average molecular weight is 266 g/mol. The van der Waals surface area contributed by atoms with Gasteiger partial charge in [0, 0.05) is 12.5 Å². The second kappa shape index (κ2) is 7.93. The van der Waals surface area contributed by atoms with Crippen LogP contribution in [0.5, 0.6) is 5.75 Å². The zero-order chi connectivity index (χ0) is 14.3.